The molecule has 0 atom stereocenters. The Kier molecular flexibility index (Phi) is 9.57. The predicted octanol–water partition coefficient (Wildman–Crippen LogP) is 6.36. The molecule has 0 saturated heterocycles. The minimum atomic E-state index is 0. The van der Waals surface area contributed by atoms with E-state index in [0.29, 0.717) is 23.0 Å². The van der Waals surface area contributed by atoms with Crippen molar-refractivity contribution in [1.82, 2.24) is 0 Å². The van der Waals surface area contributed by atoms with E-state index in [1.165, 1.54) is 0 Å². The van der Waals surface area contributed by atoms with Crippen LogP contribution in [-0.2, 0) is 0 Å². The maximum Gasteiger partial charge on any atom is 0.161 e. The van der Waals surface area contributed by atoms with Gasteiger partial charge < -0.3 is 24.3 Å². The summed E-state index contributed by atoms with van der Waals surface area (Å²) in [5.74, 6) is 2.86. The second-order valence-corrected chi connectivity index (χ2v) is 6.88. The summed E-state index contributed by atoms with van der Waals surface area (Å²) < 4.78 is 21.8. The molecule has 0 radical (unpaired) electrons. The van der Waals surface area contributed by atoms with Crippen molar-refractivity contribution in [3.63, 3.8) is 0 Å². The lowest BCUT2D eigenvalue weighted by molar-refractivity contribution is 0.355. The third-order valence-electron chi connectivity index (χ3n) is 4.88. The van der Waals surface area contributed by atoms with Crippen LogP contribution in [0.15, 0.2) is 66.7 Å². The van der Waals surface area contributed by atoms with Crippen molar-refractivity contribution in [3.05, 3.63) is 77.9 Å². The number of para-hydroxylation sites is 1. The first-order valence-electron chi connectivity index (χ1n) is 9.71. The maximum atomic E-state index is 6.49. The van der Waals surface area contributed by atoms with Gasteiger partial charge in [-0.05, 0) is 53.6 Å². The summed E-state index contributed by atoms with van der Waals surface area (Å²) >= 11 is 6.49. The number of alkyl halides is 1. The minimum absolute atomic E-state index is 0. The fourth-order valence-electron chi connectivity index (χ4n) is 3.29. The third-order valence-corrected chi connectivity index (χ3v) is 5.15. The summed E-state index contributed by atoms with van der Waals surface area (Å²) in [5, 5.41) is 3.53. The van der Waals surface area contributed by atoms with Gasteiger partial charge in [0.05, 0.1) is 40.0 Å². The molecule has 0 bridgehead atoms. The summed E-state index contributed by atoms with van der Waals surface area (Å²) in [5.41, 5.74) is 4.52. The SMILES string of the molecule is COc1ccc(/C(CCl)=C(/Nc2ccccc2)c2ccc(OC)c(OC)c2)cc1OC.Cl. The van der Waals surface area contributed by atoms with E-state index in [2.05, 4.69) is 5.32 Å². The molecule has 3 rings (SSSR count). The van der Waals surface area contributed by atoms with E-state index in [9.17, 15) is 0 Å². The molecule has 0 aliphatic heterocycles. The number of hydrogen-bond donors (Lipinski definition) is 1. The average Bonchev–Trinajstić information content (AvgIpc) is 2.83. The van der Waals surface area contributed by atoms with Crippen molar-refractivity contribution in [2.75, 3.05) is 39.6 Å². The zero-order valence-electron chi connectivity index (χ0n) is 18.5. The molecule has 32 heavy (non-hydrogen) atoms. The molecular weight excluding hydrogens is 449 g/mol. The van der Waals surface area contributed by atoms with E-state index >= 15 is 0 Å². The van der Waals surface area contributed by atoms with Crippen molar-refractivity contribution < 1.29 is 18.9 Å². The minimum Gasteiger partial charge on any atom is -0.493 e. The zero-order chi connectivity index (χ0) is 22.2. The van der Waals surface area contributed by atoms with Crippen LogP contribution in [0.4, 0.5) is 5.69 Å². The Morgan fingerprint density at radius 1 is 0.688 bits per heavy atom. The Hall–Kier alpha value is -3.02. The van der Waals surface area contributed by atoms with Crippen LogP contribution in [0.1, 0.15) is 11.1 Å². The fourth-order valence-corrected chi connectivity index (χ4v) is 3.58. The Bertz CT molecular complexity index is 1060. The van der Waals surface area contributed by atoms with Gasteiger partial charge in [0.15, 0.2) is 23.0 Å². The number of methoxy groups -OCH3 is 4. The number of anilines is 1. The summed E-state index contributed by atoms with van der Waals surface area (Å²) in [6.07, 6.45) is 0. The predicted molar refractivity (Wildman–Crippen MR) is 134 cm³/mol. The molecule has 170 valence electrons. The van der Waals surface area contributed by atoms with Gasteiger partial charge in [-0.2, -0.15) is 0 Å². The molecule has 0 aliphatic carbocycles. The number of ether oxygens (including phenoxy) is 4. The van der Waals surface area contributed by atoms with Crippen LogP contribution in [0.25, 0.3) is 11.3 Å². The van der Waals surface area contributed by atoms with Gasteiger partial charge in [-0.25, -0.2) is 0 Å². The highest BCUT2D eigenvalue weighted by Gasteiger charge is 2.16. The van der Waals surface area contributed by atoms with Gasteiger partial charge in [-0.15, -0.1) is 24.0 Å². The van der Waals surface area contributed by atoms with Crippen molar-refractivity contribution in [2.24, 2.45) is 0 Å². The van der Waals surface area contributed by atoms with Crippen molar-refractivity contribution in [3.8, 4) is 23.0 Å². The monoisotopic (exact) mass is 475 g/mol. The number of allylic oxidation sites excluding steroid dienone is 1. The van der Waals surface area contributed by atoms with E-state index in [4.69, 9.17) is 30.5 Å². The summed E-state index contributed by atoms with van der Waals surface area (Å²) in [4.78, 5) is 0. The maximum absolute atomic E-state index is 6.49. The Morgan fingerprint density at radius 2 is 1.19 bits per heavy atom. The van der Waals surface area contributed by atoms with E-state index in [-0.39, 0.29) is 18.3 Å². The lowest BCUT2D eigenvalue weighted by atomic mass is 9.99. The number of nitrogens with one attached hydrogen (secondary N) is 1. The second-order valence-electron chi connectivity index (χ2n) is 6.62. The number of hydrogen-bond acceptors (Lipinski definition) is 5. The van der Waals surface area contributed by atoms with Gasteiger partial charge in [0.25, 0.3) is 0 Å². The molecule has 3 aromatic carbocycles. The first-order chi connectivity index (χ1) is 15.1. The smallest absolute Gasteiger partial charge is 0.161 e. The highest BCUT2D eigenvalue weighted by molar-refractivity contribution is 6.25. The summed E-state index contributed by atoms with van der Waals surface area (Å²) in [7, 11) is 6.46. The Labute approximate surface area is 200 Å². The molecule has 0 unspecified atom stereocenters. The summed E-state index contributed by atoms with van der Waals surface area (Å²) in [6.45, 7) is 0. The van der Waals surface area contributed by atoms with E-state index < -0.39 is 0 Å². The van der Waals surface area contributed by atoms with Gasteiger partial charge in [0, 0.05) is 11.3 Å². The van der Waals surface area contributed by atoms with Gasteiger partial charge >= 0.3 is 0 Å². The average molecular weight is 476 g/mol. The standard InChI is InChI=1S/C25H26ClNO4.ClH/c1-28-21-12-10-17(14-23(21)30-3)20(16-26)25(27-19-8-6-5-7-9-19)18-11-13-22(29-2)24(15-18)31-4;/h5-15,27H,16H2,1-4H3;1H/b25-20+;. The molecule has 0 aliphatic rings. The molecule has 0 spiro atoms. The molecule has 3 aromatic rings. The quantitative estimate of drug-likeness (QED) is 0.288. The van der Waals surface area contributed by atoms with Gasteiger partial charge in [-0.3, -0.25) is 0 Å². The van der Waals surface area contributed by atoms with Gasteiger partial charge in [-0.1, -0.05) is 24.3 Å². The largest absolute Gasteiger partial charge is 0.493 e. The van der Waals surface area contributed by atoms with Crippen molar-refractivity contribution in [2.45, 2.75) is 0 Å². The van der Waals surface area contributed by atoms with Crippen LogP contribution in [0.2, 0.25) is 0 Å². The van der Waals surface area contributed by atoms with E-state index in [0.717, 1.165) is 28.1 Å². The Balaban J connectivity index is 0.00000363. The molecular formula is C25H27Cl2NO4. The van der Waals surface area contributed by atoms with Crippen LogP contribution in [-0.4, -0.2) is 34.3 Å². The van der Waals surface area contributed by atoms with Crippen LogP contribution in [0, 0.1) is 0 Å². The second kappa shape index (κ2) is 12.1. The van der Waals surface area contributed by atoms with Crippen molar-refractivity contribution in [1.29, 1.82) is 0 Å². The molecule has 0 aromatic heterocycles. The topological polar surface area (TPSA) is 49.0 Å². The lowest BCUT2D eigenvalue weighted by Gasteiger charge is -2.19. The lowest BCUT2D eigenvalue weighted by Crippen LogP contribution is -2.05. The van der Waals surface area contributed by atoms with Crippen LogP contribution >= 0.6 is 24.0 Å². The van der Waals surface area contributed by atoms with Crippen molar-refractivity contribution >= 4 is 41.0 Å². The Morgan fingerprint density at radius 3 is 1.69 bits per heavy atom. The van der Waals surface area contributed by atoms with E-state index in [1.807, 2.05) is 66.7 Å². The van der Waals surface area contributed by atoms with Crippen LogP contribution < -0.4 is 24.3 Å². The molecule has 0 fully saturated rings. The highest BCUT2D eigenvalue weighted by atomic mass is 35.5. The normalized spacial score (nSPS) is 11.0. The first-order valence-corrected chi connectivity index (χ1v) is 10.2. The number of benzene rings is 3. The number of halogens is 2. The zero-order valence-corrected chi connectivity index (χ0v) is 20.0. The molecule has 0 amide bonds. The van der Waals surface area contributed by atoms with Gasteiger partial charge in [0.2, 0.25) is 0 Å². The third kappa shape index (κ3) is 5.61. The molecule has 5 nitrogen and oxygen atoms in total. The molecule has 7 heteroatoms. The first kappa shape index (κ1) is 25.2. The van der Waals surface area contributed by atoms with E-state index in [1.54, 1.807) is 28.4 Å². The van der Waals surface area contributed by atoms with Gasteiger partial charge in [0.1, 0.15) is 0 Å². The summed E-state index contributed by atoms with van der Waals surface area (Å²) in [6, 6.07) is 21.5. The molecule has 0 saturated carbocycles. The van der Waals surface area contributed by atoms with Crippen LogP contribution in [0.3, 0.4) is 0 Å². The molecule has 1 N–H and O–H groups in total. The number of rotatable bonds is 9. The molecule has 0 heterocycles. The van der Waals surface area contributed by atoms with Crippen LogP contribution in [0.5, 0.6) is 23.0 Å². The fraction of sp³-hybridized carbons (Fsp3) is 0.200. The highest BCUT2D eigenvalue weighted by Crippen LogP contribution is 2.37.